The van der Waals surface area contributed by atoms with Gasteiger partial charge < -0.3 is 19.9 Å². The van der Waals surface area contributed by atoms with Crippen LogP contribution in [0.1, 0.15) is 18.4 Å². The van der Waals surface area contributed by atoms with Crippen molar-refractivity contribution in [3.8, 4) is 0 Å². The van der Waals surface area contributed by atoms with E-state index in [1.165, 1.54) is 22.2 Å². The number of hydrogen-bond donors (Lipinski definition) is 1. The smallest absolute Gasteiger partial charge is 0.305 e. The molecule has 0 unspecified atom stereocenters. The first-order valence-corrected chi connectivity index (χ1v) is 11.7. The SMILES string of the molecule is NCCCC(=O)OCCN1CCN(c2cccc3c2ccn3Cc2cccc(Cl)c2)CC1. The predicted octanol–water partition coefficient (Wildman–Crippen LogP) is 3.75. The van der Waals surface area contributed by atoms with Crippen molar-refractivity contribution in [1.29, 1.82) is 0 Å². The number of nitrogens with two attached hydrogens (primary N) is 1. The maximum Gasteiger partial charge on any atom is 0.305 e. The molecule has 1 aromatic heterocycles. The molecule has 0 radical (unpaired) electrons. The van der Waals surface area contributed by atoms with Gasteiger partial charge in [0.2, 0.25) is 0 Å². The lowest BCUT2D eigenvalue weighted by molar-refractivity contribution is -0.144. The van der Waals surface area contributed by atoms with Gasteiger partial charge in [-0.1, -0.05) is 29.8 Å². The van der Waals surface area contributed by atoms with Crippen LogP contribution < -0.4 is 10.6 Å². The van der Waals surface area contributed by atoms with Crippen LogP contribution in [0.3, 0.4) is 0 Å². The van der Waals surface area contributed by atoms with Crippen LogP contribution in [-0.4, -0.2) is 61.3 Å². The number of anilines is 1. The standard InChI is InChI=1S/C25H31ClN4O2/c26-21-5-1-4-20(18-21)19-30-11-9-22-23(6-2-7-24(22)30)29-14-12-28(13-15-29)16-17-32-25(31)8-3-10-27/h1-2,4-7,9,11,18H,3,8,10,12-17,19,27H2. The molecule has 0 amide bonds. The molecule has 3 aromatic rings. The van der Waals surface area contributed by atoms with Gasteiger partial charge in [0, 0.05) is 68.0 Å². The predicted molar refractivity (Wildman–Crippen MR) is 130 cm³/mol. The Labute approximate surface area is 194 Å². The molecule has 0 bridgehead atoms. The van der Waals surface area contributed by atoms with Gasteiger partial charge in [-0.05, 0) is 48.9 Å². The zero-order valence-corrected chi connectivity index (χ0v) is 19.1. The van der Waals surface area contributed by atoms with Crippen molar-refractivity contribution in [2.75, 3.05) is 50.8 Å². The maximum atomic E-state index is 11.6. The van der Waals surface area contributed by atoms with Crippen LogP contribution >= 0.6 is 11.6 Å². The van der Waals surface area contributed by atoms with Gasteiger partial charge in [0.1, 0.15) is 6.61 Å². The van der Waals surface area contributed by atoms with Gasteiger partial charge in [-0.25, -0.2) is 0 Å². The monoisotopic (exact) mass is 454 g/mol. The molecular weight excluding hydrogens is 424 g/mol. The summed E-state index contributed by atoms with van der Waals surface area (Å²) >= 11 is 6.16. The first-order valence-electron chi connectivity index (χ1n) is 11.3. The first kappa shape index (κ1) is 22.6. The van der Waals surface area contributed by atoms with Crippen LogP contribution in [-0.2, 0) is 16.1 Å². The van der Waals surface area contributed by atoms with Crippen molar-refractivity contribution in [3.63, 3.8) is 0 Å². The third-order valence-electron chi connectivity index (χ3n) is 6.00. The average Bonchev–Trinajstić information content (AvgIpc) is 3.21. The second-order valence-electron chi connectivity index (χ2n) is 8.22. The zero-order valence-electron chi connectivity index (χ0n) is 18.4. The number of fused-ring (bicyclic) bond motifs is 1. The summed E-state index contributed by atoms with van der Waals surface area (Å²) in [6, 6.07) is 16.8. The van der Waals surface area contributed by atoms with Crippen molar-refractivity contribution >= 4 is 34.2 Å². The summed E-state index contributed by atoms with van der Waals surface area (Å²) in [5.41, 5.74) is 9.13. The van der Waals surface area contributed by atoms with Crippen molar-refractivity contribution in [3.05, 3.63) is 65.3 Å². The molecule has 2 N–H and O–H groups in total. The van der Waals surface area contributed by atoms with E-state index in [-0.39, 0.29) is 5.97 Å². The summed E-state index contributed by atoms with van der Waals surface area (Å²) < 4.78 is 7.59. The van der Waals surface area contributed by atoms with Gasteiger partial charge in [-0.3, -0.25) is 9.69 Å². The van der Waals surface area contributed by atoms with E-state index < -0.39 is 0 Å². The molecule has 0 spiro atoms. The number of hydrogen-bond acceptors (Lipinski definition) is 5. The minimum atomic E-state index is -0.150. The number of esters is 1. The Morgan fingerprint density at radius 2 is 1.88 bits per heavy atom. The van der Waals surface area contributed by atoms with Gasteiger partial charge in [0.05, 0.1) is 5.52 Å². The van der Waals surface area contributed by atoms with Crippen LogP contribution in [0.5, 0.6) is 0 Å². The van der Waals surface area contributed by atoms with E-state index in [9.17, 15) is 4.79 Å². The van der Waals surface area contributed by atoms with Crippen molar-refractivity contribution in [1.82, 2.24) is 9.47 Å². The molecular formula is C25H31ClN4O2. The number of nitrogens with zero attached hydrogens (tertiary/aromatic N) is 3. The normalized spacial score (nSPS) is 14.8. The Kier molecular flexibility index (Phi) is 7.68. The minimum absolute atomic E-state index is 0.150. The van der Waals surface area contributed by atoms with Crippen LogP contribution in [0.15, 0.2) is 54.7 Å². The van der Waals surface area contributed by atoms with Gasteiger partial charge >= 0.3 is 5.97 Å². The summed E-state index contributed by atoms with van der Waals surface area (Å²) in [6.07, 6.45) is 3.25. The van der Waals surface area contributed by atoms with Gasteiger partial charge in [-0.2, -0.15) is 0 Å². The molecule has 7 heteroatoms. The zero-order chi connectivity index (χ0) is 22.3. The lowest BCUT2D eigenvalue weighted by Crippen LogP contribution is -2.47. The largest absolute Gasteiger partial charge is 0.464 e. The fourth-order valence-electron chi connectivity index (χ4n) is 4.27. The molecule has 0 saturated carbocycles. The van der Waals surface area contributed by atoms with Crippen LogP contribution in [0.2, 0.25) is 5.02 Å². The fourth-order valence-corrected chi connectivity index (χ4v) is 4.49. The Balaban J connectivity index is 1.35. The van der Waals surface area contributed by atoms with Gasteiger partial charge in [-0.15, -0.1) is 0 Å². The Morgan fingerprint density at radius 3 is 2.66 bits per heavy atom. The van der Waals surface area contributed by atoms with Gasteiger partial charge in [0.25, 0.3) is 0 Å². The Bertz CT molecular complexity index is 1040. The molecule has 1 saturated heterocycles. The number of ether oxygens (including phenoxy) is 1. The van der Waals surface area contributed by atoms with Crippen molar-refractivity contribution in [2.45, 2.75) is 19.4 Å². The molecule has 1 fully saturated rings. The number of benzene rings is 2. The Hall–Kier alpha value is -2.54. The van der Waals surface area contributed by atoms with Crippen LogP contribution in [0.4, 0.5) is 5.69 Å². The van der Waals surface area contributed by atoms with E-state index in [4.69, 9.17) is 22.1 Å². The molecule has 0 atom stereocenters. The minimum Gasteiger partial charge on any atom is -0.464 e. The second-order valence-corrected chi connectivity index (χ2v) is 8.66. The van der Waals surface area contributed by atoms with Crippen molar-refractivity contribution in [2.24, 2.45) is 5.73 Å². The van der Waals surface area contributed by atoms with E-state index in [0.29, 0.717) is 26.0 Å². The highest BCUT2D eigenvalue weighted by molar-refractivity contribution is 6.30. The lowest BCUT2D eigenvalue weighted by atomic mass is 10.1. The highest BCUT2D eigenvalue weighted by Gasteiger charge is 2.19. The average molecular weight is 455 g/mol. The Morgan fingerprint density at radius 1 is 1.06 bits per heavy atom. The summed E-state index contributed by atoms with van der Waals surface area (Å²) in [4.78, 5) is 16.4. The topological polar surface area (TPSA) is 63.7 Å². The van der Waals surface area contributed by atoms with E-state index >= 15 is 0 Å². The van der Waals surface area contributed by atoms with Crippen LogP contribution in [0.25, 0.3) is 10.9 Å². The number of carbonyl (C=O) groups is 1. The summed E-state index contributed by atoms with van der Waals surface area (Å²) in [6.45, 7) is 6.38. The lowest BCUT2D eigenvalue weighted by Gasteiger charge is -2.36. The fraction of sp³-hybridized carbons (Fsp3) is 0.400. The number of aromatic nitrogens is 1. The van der Waals surface area contributed by atoms with E-state index in [1.807, 2.05) is 18.2 Å². The molecule has 0 aliphatic carbocycles. The number of halogens is 1. The number of piperazine rings is 1. The second kappa shape index (κ2) is 10.9. The summed E-state index contributed by atoms with van der Waals surface area (Å²) in [7, 11) is 0. The van der Waals surface area contributed by atoms with E-state index in [1.54, 1.807) is 0 Å². The molecule has 2 heterocycles. The quantitative estimate of drug-likeness (QED) is 0.499. The number of carbonyl (C=O) groups excluding carboxylic acids is 1. The molecule has 170 valence electrons. The van der Waals surface area contributed by atoms with E-state index in [0.717, 1.165) is 44.3 Å². The third kappa shape index (κ3) is 5.63. The highest BCUT2D eigenvalue weighted by atomic mass is 35.5. The molecule has 1 aliphatic heterocycles. The molecule has 32 heavy (non-hydrogen) atoms. The number of rotatable bonds is 9. The highest BCUT2D eigenvalue weighted by Crippen LogP contribution is 2.29. The maximum absolute atomic E-state index is 11.6. The van der Waals surface area contributed by atoms with Gasteiger partial charge in [0.15, 0.2) is 0 Å². The summed E-state index contributed by atoms with van der Waals surface area (Å²) in [5.74, 6) is -0.150. The summed E-state index contributed by atoms with van der Waals surface area (Å²) in [5, 5.41) is 2.04. The molecule has 1 aliphatic rings. The van der Waals surface area contributed by atoms with E-state index in [2.05, 4.69) is 50.9 Å². The molecule has 6 nitrogen and oxygen atoms in total. The van der Waals surface area contributed by atoms with Crippen molar-refractivity contribution < 1.29 is 9.53 Å². The molecule has 4 rings (SSSR count). The first-order chi connectivity index (χ1) is 15.6. The molecule has 2 aromatic carbocycles. The third-order valence-corrected chi connectivity index (χ3v) is 6.24. The van der Waals surface area contributed by atoms with Crippen LogP contribution in [0, 0.1) is 0 Å².